The second kappa shape index (κ2) is 10.3. The summed E-state index contributed by atoms with van der Waals surface area (Å²) in [6.07, 6.45) is -2.70. The molecule has 0 fully saturated rings. The van der Waals surface area contributed by atoms with Crippen LogP contribution >= 0.6 is 0 Å². The molecule has 35 heavy (non-hydrogen) atoms. The smallest absolute Gasteiger partial charge is 0.291 e. The number of nitrogens with one attached hydrogen (secondary N) is 1. The van der Waals surface area contributed by atoms with Gasteiger partial charge in [-0.3, -0.25) is 9.13 Å². The van der Waals surface area contributed by atoms with E-state index in [1.807, 2.05) is 62.4 Å². The number of halogens is 3. The number of aromatic nitrogens is 6. The molecule has 2 heterocycles. The number of H-pyrrole nitrogens is 1. The van der Waals surface area contributed by atoms with Crippen LogP contribution in [0.25, 0.3) is 22.5 Å². The highest BCUT2D eigenvalue weighted by atomic mass is 19.4. The van der Waals surface area contributed by atoms with Crippen molar-refractivity contribution in [1.29, 1.82) is 0 Å². The molecule has 0 aliphatic heterocycles. The van der Waals surface area contributed by atoms with Crippen LogP contribution in [0.5, 0.6) is 0 Å². The van der Waals surface area contributed by atoms with Gasteiger partial charge >= 0.3 is 11.9 Å². The Labute approximate surface area is 200 Å². The summed E-state index contributed by atoms with van der Waals surface area (Å²) < 4.78 is 44.2. The summed E-state index contributed by atoms with van der Waals surface area (Å²) in [4.78, 5) is 13.1. The number of benzene rings is 2. The van der Waals surface area contributed by atoms with Crippen LogP contribution < -0.4 is 5.69 Å². The van der Waals surface area contributed by atoms with Gasteiger partial charge in [-0.05, 0) is 40.0 Å². The number of unbranched alkanes of at least 4 members (excludes halogenated alkanes) is 1. The summed E-state index contributed by atoms with van der Waals surface area (Å²) in [7, 11) is 0. The number of alkyl halides is 3. The van der Waals surface area contributed by atoms with E-state index in [1.54, 1.807) is 0 Å². The molecule has 184 valence electrons. The molecule has 0 spiro atoms. The quantitative estimate of drug-likeness (QED) is 0.349. The molecular weight excluding hydrogens is 457 g/mol. The topological polar surface area (TPSA) is 81.4 Å². The maximum absolute atomic E-state index is 14.0. The highest BCUT2D eigenvalue weighted by molar-refractivity contribution is 5.80. The summed E-state index contributed by atoms with van der Waals surface area (Å²) in [6, 6.07) is 15.1. The summed E-state index contributed by atoms with van der Waals surface area (Å²) in [5, 5.41) is 14.0. The Bertz CT molecular complexity index is 1320. The van der Waals surface area contributed by atoms with E-state index in [1.165, 1.54) is 4.57 Å². The Kier molecular flexibility index (Phi) is 7.18. The molecule has 0 saturated heterocycles. The van der Waals surface area contributed by atoms with E-state index in [9.17, 15) is 18.0 Å². The Balaban J connectivity index is 1.70. The first kappa shape index (κ1) is 24.4. The molecule has 1 N–H and O–H groups in total. The second-order valence-corrected chi connectivity index (χ2v) is 8.41. The summed E-state index contributed by atoms with van der Waals surface area (Å²) >= 11 is 0. The second-order valence-electron chi connectivity index (χ2n) is 8.41. The molecule has 2 aromatic carbocycles. The lowest BCUT2D eigenvalue weighted by molar-refractivity contribution is -0.144. The number of tetrazole rings is 1. The predicted molar refractivity (Wildman–Crippen MR) is 127 cm³/mol. The number of imidazole rings is 1. The molecule has 4 rings (SSSR count). The van der Waals surface area contributed by atoms with Crippen LogP contribution in [0.4, 0.5) is 13.2 Å². The Hall–Kier alpha value is -3.69. The lowest BCUT2D eigenvalue weighted by Crippen LogP contribution is -2.27. The Morgan fingerprint density at radius 3 is 2.26 bits per heavy atom. The molecule has 0 aliphatic carbocycles. The summed E-state index contributed by atoms with van der Waals surface area (Å²) in [5.41, 5.74) is 2.01. The van der Waals surface area contributed by atoms with E-state index in [0.29, 0.717) is 25.1 Å². The molecule has 0 amide bonds. The van der Waals surface area contributed by atoms with E-state index in [-0.39, 0.29) is 25.2 Å². The maximum atomic E-state index is 14.0. The highest BCUT2D eigenvalue weighted by Gasteiger charge is 2.40. The van der Waals surface area contributed by atoms with Crippen molar-refractivity contribution in [3.8, 4) is 22.5 Å². The van der Waals surface area contributed by atoms with Gasteiger partial charge in [0.05, 0.1) is 12.2 Å². The minimum atomic E-state index is -4.59. The largest absolute Gasteiger partial charge is 0.433 e. The monoisotopic (exact) mass is 484 g/mol. The van der Waals surface area contributed by atoms with Crippen LogP contribution in [0.15, 0.2) is 53.3 Å². The third kappa shape index (κ3) is 5.06. The van der Waals surface area contributed by atoms with Gasteiger partial charge in [0.15, 0.2) is 5.82 Å². The molecule has 0 atom stereocenters. The molecule has 0 saturated carbocycles. The average Bonchev–Trinajstić information content (AvgIpc) is 3.46. The third-order valence-electron chi connectivity index (χ3n) is 5.95. The molecule has 0 unspecified atom stereocenters. The van der Waals surface area contributed by atoms with Crippen LogP contribution in [-0.4, -0.2) is 29.8 Å². The fourth-order valence-electron chi connectivity index (χ4n) is 4.32. The average molecular weight is 485 g/mol. The van der Waals surface area contributed by atoms with Gasteiger partial charge in [-0.25, -0.2) is 9.89 Å². The van der Waals surface area contributed by atoms with Gasteiger partial charge in [0.1, 0.15) is 5.69 Å². The lowest BCUT2D eigenvalue weighted by atomic mass is 9.98. The highest BCUT2D eigenvalue weighted by Crippen LogP contribution is 2.33. The first-order valence-corrected chi connectivity index (χ1v) is 11.7. The van der Waals surface area contributed by atoms with Gasteiger partial charge in [0, 0.05) is 12.1 Å². The molecular formula is C25H27F3N6O. The van der Waals surface area contributed by atoms with Crippen LogP contribution in [0, 0.1) is 0 Å². The summed E-state index contributed by atoms with van der Waals surface area (Å²) in [5.74, 6) is 0.536. The fourth-order valence-corrected chi connectivity index (χ4v) is 4.32. The molecule has 2 aromatic heterocycles. The molecule has 7 nitrogen and oxygen atoms in total. The zero-order valence-electron chi connectivity index (χ0n) is 19.6. The standard InChI is InChI=1S/C25H27F3N6O/c1-3-5-15-33-22(25(26,27)28)21(8-4-2)34(24(33)35)16-17-11-13-18(14-12-17)19-9-6-7-10-20(19)23-29-31-32-30-23/h6-7,9-14H,3-5,8,15-16H2,1-2H3,(H,29,30,31,32). The van der Waals surface area contributed by atoms with Crippen molar-refractivity contribution in [2.24, 2.45) is 0 Å². The molecule has 10 heteroatoms. The van der Waals surface area contributed by atoms with Gasteiger partial charge in [-0.1, -0.05) is 75.2 Å². The van der Waals surface area contributed by atoms with E-state index < -0.39 is 17.6 Å². The molecule has 0 radical (unpaired) electrons. The SMILES string of the molecule is CCCCn1c(C(F)(F)F)c(CCC)n(Cc2ccc(-c3ccccc3-c3nnn[nH]3)cc2)c1=O. The number of nitrogens with zero attached hydrogens (tertiary/aromatic N) is 5. The molecule has 4 aromatic rings. The van der Waals surface area contributed by atoms with E-state index in [4.69, 9.17) is 0 Å². The number of hydrogen-bond acceptors (Lipinski definition) is 4. The van der Waals surface area contributed by atoms with Crippen LogP contribution in [0.3, 0.4) is 0 Å². The molecule has 0 bridgehead atoms. The fraction of sp³-hybridized carbons (Fsp3) is 0.360. The zero-order valence-corrected chi connectivity index (χ0v) is 19.6. The maximum Gasteiger partial charge on any atom is 0.433 e. The van der Waals surface area contributed by atoms with Crippen molar-refractivity contribution in [3.63, 3.8) is 0 Å². The Morgan fingerprint density at radius 1 is 0.943 bits per heavy atom. The van der Waals surface area contributed by atoms with E-state index >= 15 is 0 Å². The minimum Gasteiger partial charge on any atom is -0.291 e. The first-order chi connectivity index (χ1) is 16.8. The molecule has 0 aliphatic rings. The van der Waals surface area contributed by atoms with Crippen molar-refractivity contribution in [3.05, 3.63) is 76.0 Å². The van der Waals surface area contributed by atoms with Gasteiger partial charge in [0.25, 0.3) is 0 Å². The predicted octanol–water partition coefficient (Wildman–Crippen LogP) is 5.32. The van der Waals surface area contributed by atoms with Crippen LogP contribution in [-0.2, 0) is 25.7 Å². The van der Waals surface area contributed by atoms with E-state index in [0.717, 1.165) is 26.8 Å². The normalized spacial score (nSPS) is 11.8. The van der Waals surface area contributed by atoms with Gasteiger partial charge in [0.2, 0.25) is 0 Å². The van der Waals surface area contributed by atoms with Crippen molar-refractivity contribution >= 4 is 0 Å². The first-order valence-electron chi connectivity index (χ1n) is 11.7. The van der Waals surface area contributed by atoms with Crippen LogP contribution in [0.1, 0.15) is 50.1 Å². The minimum absolute atomic E-state index is 0.0494. The van der Waals surface area contributed by atoms with Crippen molar-refractivity contribution in [2.45, 2.75) is 58.8 Å². The number of hydrogen-bond donors (Lipinski definition) is 1. The number of aromatic amines is 1. The third-order valence-corrected chi connectivity index (χ3v) is 5.95. The zero-order chi connectivity index (χ0) is 25.0. The van der Waals surface area contributed by atoms with Gasteiger partial charge < -0.3 is 0 Å². The Morgan fingerprint density at radius 2 is 1.66 bits per heavy atom. The van der Waals surface area contributed by atoms with Gasteiger partial charge in [-0.2, -0.15) is 13.2 Å². The van der Waals surface area contributed by atoms with E-state index in [2.05, 4.69) is 20.6 Å². The number of rotatable bonds is 9. The summed E-state index contributed by atoms with van der Waals surface area (Å²) in [6.45, 7) is 3.83. The van der Waals surface area contributed by atoms with Crippen molar-refractivity contribution in [1.82, 2.24) is 29.8 Å². The van der Waals surface area contributed by atoms with Gasteiger partial charge in [-0.15, -0.1) is 5.10 Å². The van der Waals surface area contributed by atoms with Crippen LogP contribution in [0.2, 0.25) is 0 Å². The van der Waals surface area contributed by atoms with Crippen molar-refractivity contribution in [2.75, 3.05) is 0 Å². The van der Waals surface area contributed by atoms with Crippen molar-refractivity contribution < 1.29 is 13.2 Å². The lowest BCUT2D eigenvalue weighted by Gasteiger charge is -2.13.